The fraction of sp³-hybridized carbons (Fsp3) is 0.278. The minimum Gasteiger partial charge on any atom is -0.369 e. The van der Waals surface area contributed by atoms with Crippen LogP contribution in [0.4, 0.5) is 5.82 Å². The van der Waals surface area contributed by atoms with Crippen molar-refractivity contribution in [1.82, 2.24) is 24.5 Å². The number of para-hydroxylation sites is 2. The van der Waals surface area contributed by atoms with Gasteiger partial charge in [0.15, 0.2) is 0 Å². The highest BCUT2D eigenvalue weighted by Crippen LogP contribution is 2.32. The van der Waals surface area contributed by atoms with Crippen molar-refractivity contribution in [3.63, 3.8) is 0 Å². The molecule has 3 heterocycles. The molecule has 0 saturated carbocycles. The van der Waals surface area contributed by atoms with Crippen molar-refractivity contribution in [2.75, 3.05) is 11.9 Å². The van der Waals surface area contributed by atoms with Gasteiger partial charge >= 0.3 is 0 Å². The number of H-pyrrole nitrogens is 1. The van der Waals surface area contributed by atoms with Crippen LogP contribution < -0.4 is 5.32 Å². The van der Waals surface area contributed by atoms with E-state index in [4.69, 9.17) is 4.98 Å². The number of aromatic amines is 1. The molecule has 24 heavy (non-hydrogen) atoms. The number of hydrogen-bond acceptors (Lipinski definition) is 4. The Labute approximate surface area is 140 Å². The number of hydrogen-bond donors (Lipinski definition) is 2. The van der Waals surface area contributed by atoms with Crippen LogP contribution in [-0.2, 0) is 7.05 Å². The van der Waals surface area contributed by atoms with Gasteiger partial charge in [0.2, 0.25) is 0 Å². The summed E-state index contributed by atoms with van der Waals surface area (Å²) in [6.45, 7) is 5.22. The van der Waals surface area contributed by atoms with Gasteiger partial charge in [-0.15, -0.1) is 0 Å². The summed E-state index contributed by atoms with van der Waals surface area (Å²) < 4.78 is 2.01. The molecular formula is C18H20N6. The predicted octanol–water partition coefficient (Wildman–Crippen LogP) is 3.58. The van der Waals surface area contributed by atoms with Gasteiger partial charge in [0.25, 0.3) is 0 Å². The van der Waals surface area contributed by atoms with Gasteiger partial charge in [-0.05, 0) is 18.1 Å². The molecule has 6 nitrogen and oxygen atoms in total. The molecule has 0 saturated heterocycles. The summed E-state index contributed by atoms with van der Waals surface area (Å²) in [5.41, 5.74) is 3.89. The van der Waals surface area contributed by atoms with Crippen LogP contribution >= 0.6 is 0 Å². The summed E-state index contributed by atoms with van der Waals surface area (Å²) in [5, 5.41) is 4.44. The number of benzene rings is 1. The van der Waals surface area contributed by atoms with Gasteiger partial charge < -0.3 is 14.9 Å². The molecule has 0 unspecified atom stereocenters. The van der Waals surface area contributed by atoms with E-state index >= 15 is 0 Å². The predicted molar refractivity (Wildman–Crippen MR) is 96.9 cm³/mol. The van der Waals surface area contributed by atoms with Crippen molar-refractivity contribution in [2.24, 2.45) is 13.0 Å². The molecule has 0 aliphatic carbocycles. The Hall–Kier alpha value is -2.89. The minimum atomic E-state index is 0.536. The molecule has 0 aliphatic rings. The average molecular weight is 320 g/mol. The van der Waals surface area contributed by atoms with Gasteiger partial charge in [-0.1, -0.05) is 26.0 Å². The molecule has 3 aromatic heterocycles. The summed E-state index contributed by atoms with van der Waals surface area (Å²) in [6, 6.07) is 8.04. The van der Waals surface area contributed by atoms with Crippen LogP contribution in [0.3, 0.4) is 0 Å². The third kappa shape index (κ3) is 2.40. The Balaban J connectivity index is 1.91. The van der Waals surface area contributed by atoms with Crippen LogP contribution in [0.1, 0.15) is 13.8 Å². The van der Waals surface area contributed by atoms with Gasteiger partial charge in [-0.25, -0.2) is 15.0 Å². The Kier molecular flexibility index (Phi) is 3.45. The molecule has 4 rings (SSSR count). The Morgan fingerprint density at radius 2 is 2.04 bits per heavy atom. The zero-order valence-electron chi connectivity index (χ0n) is 14.0. The summed E-state index contributed by atoms with van der Waals surface area (Å²) in [7, 11) is 1.99. The van der Waals surface area contributed by atoms with Gasteiger partial charge in [0.05, 0.1) is 16.4 Å². The molecule has 0 aliphatic heterocycles. The number of nitrogens with one attached hydrogen (secondary N) is 2. The van der Waals surface area contributed by atoms with Crippen molar-refractivity contribution in [2.45, 2.75) is 13.8 Å². The summed E-state index contributed by atoms with van der Waals surface area (Å²) >= 11 is 0. The van der Waals surface area contributed by atoms with E-state index < -0.39 is 0 Å². The lowest BCUT2D eigenvalue weighted by Crippen LogP contribution is -2.09. The van der Waals surface area contributed by atoms with Crippen LogP contribution in [0, 0.1) is 5.92 Å². The number of fused-ring (bicyclic) bond motifs is 2. The first-order valence-corrected chi connectivity index (χ1v) is 8.12. The average Bonchev–Trinajstić information content (AvgIpc) is 3.14. The molecule has 0 fully saturated rings. The molecular weight excluding hydrogens is 300 g/mol. The maximum Gasteiger partial charge on any atom is 0.145 e. The van der Waals surface area contributed by atoms with Crippen LogP contribution in [-0.4, -0.2) is 31.0 Å². The van der Waals surface area contributed by atoms with E-state index in [0.717, 1.165) is 45.8 Å². The van der Waals surface area contributed by atoms with Crippen LogP contribution in [0.15, 0.2) is 36.8 Å². The maximum absolute atomic E-state index is 4.73. The van der Waals surface area contributed by atoms with E-state index in [1.54, 1.807) is 6.33 Å². The van der Waals surface area contributed by atoms with Gasteiger partial charge in [0.1, 0.15) is 23.6 Å². The van der Waals surface area contributed by atoms with E-state index in [0.29, 0.717) is 5.92 Å². The van der Waals surface area contributed by atoms with E-state index in [-0.39, 0.29) is 0 Å². The molecule has 0 atom stereocenters. The Morgan fingerprint density at radius 3 is 2.83 bits per heavy atom. The minimum absolute atomic E-state index is 0.536. The normalized spacial score (nSPS) is 11.7. The molecule has 122 valence electrons. The monoisotopic (exact) mass is 320 g/mol. The molecule has 4 aromatic rings. The highest BCUT2D eigenvalue weighted by molar-refractivity contribution is 6.01. The highest BCUT2D eigenvalue weighted by atomic mass is 15.1. The first-order valence-electron chi connectivity index (χ1n) is 8.12. The molecule has 0 amide bonds. The molecule has 0 bridgehead atoms. The number of rotatable bonds is 4. The molecule has 0 radical (unpaired) electrons. The van der Waals surface area contributed by atoms with Crippen LogP contribution in [0.5, 0.6) is 0 Å². The van der Waals surface area contributed by atoms with Crippen LogP contribution in [0.2, 0.25) is 0 Å². The van der Waals surface area contributed by atoms with Gasteiger partial charge in [0, 0.05) is 25.4 Å². The lowest BCUT2D eigenvalue weighted by molar-refractivity contribution is 0.687. The summed E-state index contributed by atoms with van der Waals surface area (Å²) in [6.07, 6.45) is 3.66. The number of imidazole rings is 1. The molecule has 6 heteroatoms. The van der Waals surface area contributed by atoms with E-state index in [1.165, 1.54) is 0 Å². The number of nitrogens with zero attached hydrogens (tertiary/aromatic N) is 4. The quantitative estimate of drug-likeness (QED) is 0.603. The van der Waals surface area contributed by atoms with Crippen molar-refractivity contribution in [3.8, 4) is 11.4 Å². The molecule has 0 spiro atoms. The van der Waals surface area contributed by atoms with Gasteiger partial charge in [-0.3, -0.25) is 0 Å². The second-order valence-corrected chi connectivity index (χ2v) is 6.45. The van der Waals surface area contributed by atoms with Gasteiger partial charge in [-0.2, -0.15) is 0 Å². The lowest BCUT2D eigenvalue weighted by atomic mass is 10.2. The summed E-state index contributed by atoms with van der Waals surface area (Å²) in [5.74, 6) is 2.22. The number of aromatic nitrogens is 5. The smallest absolute Gasteiger partial charge is 0.145 e. The largest absolute Gasteiger partial charge is 0.369 e. The first-order chi connectivity index (χ1) is 11.6. The van der Waals surface area contributed by atoms with E-state index in [9.17, 15) is 0 Å². The first kappa shape index (κ1) is 14.7. The van der Waals surface area contributed by atoms with Crippen LogP contribution in [0.25, 0.3) is 33.5 Å². The van der Waals surface area contributed by atoms with Crippen molar-refractivity contribution < 1.29 is 0 Å². The van der Waals surface area contributed by atoms with Crippen molar-refractivity contribution in [3.05, 3.63) is 36.8 Å². The Morgan fingerprint density at radius 1 is 1.21 bits per heavy atom. The van der Waals surface area contributed by atoms with Crippen molar-refractivity contribution >= 4 is 27.9 Å². The second kappa shape index (κ2) is 5.63. The Bertz CT molecular complexity index is 978. The maximum atomic E-state index is 4.73. The standard InChI is InChI=1S/C18H20N6/c1-11(2)8-19-17-15-12(9-24(3)18(15)21-10-20-17)16-22-13-6-4-5-7-14(13)23-16/h4-7,9-11H,8H2,1-3H3,(H,22,23)(H,19,20,21). The highest BCUT2D eigenvalue weighted by Gasteiger charge is 2.17. The zero-order chi connectivity index (χ0) is 16.7. The fourth-order valence-electron chi connectivity index (χ4n) is 2.91. The fourth-order valence-corrected chi connectivity index (χ4v) is 2.91. The van der Waals surface area contributed by atoms with Crippen molar-refractivity contribution in [1.29, 1.82) is 0 Å². The van der Waals surface area contributed by atoms with E-state index in [2.05, 4.69) is 40.3 Å². The third-order valence-electron chi connectivity index (χ3n) is 4.08. The lowest BCUT2D eigenvalue weighted by Gasteiger charge is -2.09. The number of anilines is 1. The summed E-state index contributed by atoms with van der Waals surface area (Å²) in [4.78, 5) is 17.0. The third-order valence-corrected chi connectivity index (χ3v) is 4.08. The number of aryl methyl sites for hydroxylation is 1. The molecule has 2 N–H and O–H groups in total. The second-order valence-electron chi connectivity index (χ2n) is 6.45. The van der Waals surface area contributed by atoms with E-state index in [1.807, 2.05) is 35.9 Å². The zero-order valence-corrected chi connectivity index (χ0v) is 14.0. The molecule has 1 aromatic carbocycles. The SMILES string of the molecule is CC(C)CNc1ncnc2c1c(-c1nc3ccccc3[nH]1)cn2C. The topological polar surface area (TPSA) is 71.4 Å².